The van der Waals surface area contributed by atoms with Crippen LogP contribution in [-0.2, 0) is 11.3 Å². The Bertz CT molecular complexity index is 1500. The fraction of sp³-hybridized carbons (Fsp3) is 0.333. The first kappa shape index (κ1) is 25.5. The molecule has 0 saturated carbocycles. The quantitative estimate of drug-likeness (QED) is 0.389. The van der Waals surface area contributed by atoms with E-state index in [1.807, 2.05) is 19.9 Å². The number of hydrogen-bond acceptors (Lipinski definition) is 7. The molecule has 1 aliphatic heterocycles. The number of fused-ring (bicyclic) bond motifs is 1. The number of anilines is 1. The van der Waals surface area contributed by atoms with Crippen LogP contribution in [0.5, 0.6) is 5.75 Å². The molecule has 0 spiro atoms. The number of ether oxygens (including phenoxy) is 2. The van der Waals surface area contributed by atoms with E-state index >= 15 is 0 Å². The molecular formula is C27H28F2N6O3. The maximum atomic E-state index is 14.8. The Morgan fingerprint density at radius 3 is 2.71 bits per heavy atom. The summed E-state index contributed by atoms with van der Waals surface area (Å²) in [5.74, 6) is -1.92. The molecule has 1 fully saturated rings. The van der Waals surface area contributed by atoms with Crippen molar-refractivity contribution in [3.05, 3.63) is 71.2 Å². The summed E-state index contributed by atoms with van der Waals surface area (Å²) < 4.78 is 42.2. The summed E-state index contributed by atoms with van der Waals surface area (Å²) in [6.07, 6.45) is 4.16. The molecule has 3 N–H and O–H groups in total. The van der Waals surface area contributed by atoms with Crippen LogP contribution >= 0.6 is 0 Å². The molecule has 2 unspecified atom stereocenters. The van der Waals surface area contributed by atoms with Crippen molar-refractivity contribution >= 4 is 17.5 Å². The molecule has 1 amide bonds. The number of halogens is 2. The molecule has 1 aliphatic rings. The van der Waals surface area contributed by atoms with E-state index in [1.165, 1.54) is 6.07 Å². The van der Waals surface area contributed by atoms with Crippen LogP contribution in [0.15, 0.2) is 42.7 Å². The molecule has 4 aromatic rings. The number of pyridine rings is 2. The van der Waals surface area contributed by atoms with Crippen LogP contribution in [0.3, 0.4) is 0 Å². The fourth-order valence-electron chi connectivity index (χ4n) is 4.75. The molecule has 2 atom stereocenters. The molecule has 1 aromatic carbocycles. The van der Waals surface area contributed by atoms with Crippen molar-refractivity contribution in [2.45, 2.75) is 58.5 Å². The molecule has 1 saturated heterocycles. The highest BCUT2D eigenvalue weighted by Gasteiger charge is 2.28. The van der Waals surface area contributed by atoms with Gasteiger partial charge in [0.05, 0.1) is 23.5 Å². The van der Waals surface area contributed by atoms with Gasteiger partial charge in [0.15, 0.2) is 17.2 Å². The van der Waals surface area contributed by atoms with Gasteiger partial charge in [0.1, 0.15) is 11.9 Å². The highest BCUT2D eigenvalue weighted by Crippen LogP contribution is 2.30. The zero-order valence-electron chi connectivity index (χ0n) is 21.2. The van der Waals surface area contributed by atoms with E-state index in [0.29, 0.717) is 35.3 Å². The number of nitrogens with two attached hydrogens (primary N) is 1. The van der Waals surface area contributed by atoms with Crippen molar-refractivity contribution in [2.24, 2.45) is 0 Å². The Morgan fingerprint density at radius 2 is 1.95 bits per heavy atom. The van der Waals surface area contributed by atoms with Gasteiger partial charge >= 0.3 is 0 Å². The Hall–Kier alpha value is -4.12. The summed E-state index contributed by atoms with van der Waals surface area (Å²) in [5, 5.41) is 6.82. The lowest BCUT2D eigenvalue weighted by Gasteiger charge is -2.32. The molecule has 0 bridgehead atoms. The van der Waals surface area contributed by atoms with Gasteiger partial charge in [0.25, 0.3) is 5.91 Å². The van der Waals surface area contributed by atoms with Gasteiger partial charge in [0.2, 0.25) is 5.95 Å². The van der Waals surface area contributed by atoms with Crippen molar-refractivity contribution in [1.29, 1.82) is 0 Å². The largest absolute Gasteiger partial charge is 0.487 e. The monoisotopic (exact) mass is 522 g/mol. The third-order valence-corrected chi connectivity index (χ3v) is 6.48. The Morgan fingerprint density at radius 1 is 1.18 bits per heavy atom. The second kappa shape index (κ2) is 10.3. The second-order valence-electron chi connectivity index (χ2n) is 9.57. The van der Waals surface area contributed by atoms with Gasteiger partial charge in [-0.25, -0.2) is 13.3 Å². The number of nitrogens with zero attached hydrogens (tertiary/aromatic N) is 4. The average molecular weight is 523 g/mol. The Balaban J connectivity index is 1.36. The van der Waals surface area contributed by atoms with Gasteiger partial charge in [-0.3, -0.25) is 9.78 Å². The predicted molar refractivity (Wildman–Crippen MR) is 137 cm³/mol. The number of hydrogen-bond donors (Lipinski definition) is 2. The van der Waals surface area contributed by atoms with Crippen LogP contribution in [0.1, 0.15) is 48.3 Å². The normalized spacial score (nSPS) is 19.4. The molecular weight excluding hydrogens is 494 g/mol. The maximum absolute atomic E-state index is 14.8. The van der Waals surface area contributed by atoms with Crippen molar-refractivity contribution in [3.8, 4) is 16.9 Å². The first-order valence-electron chi connectivity index (χ1n) is 12.3. The molecule has 4 heterocycles. The van der Waals surface area contributed by atoms with Crippen molar-refractivity contribution < 1.29 is 23.0 Å². The third kappa shape index (κ3) is 5.42. The molecule has 0 radical (unpaired) electrons. The summed E-state index contributed by atoms with van der Waals surface area (Å²) in [4.78, 5) is 21.7. The van der Waals surface area contributed by atoms with Crippen LogP contribution in [0.2, 0.25) is 0 Å². The standard InChI is InChI=1S/C27H28F2N6O3/c1-14-6-21(7-15(2)37-14)38-25-19(8-20(28)11-23(25)29)13-32-26(36)22-9-18(12-31-16(22)3)17-4-5-35-24(10-17)33-27(30)34-35/h4-5,8-12,14-15,21H,6-7,13H2,1-3H3,(H2,30,34)(H,32,36). The number of benzene rings is 1. The van der Waals surface area contributed by atoms with Crippen LogP contribution in [-0.4, -0.2) is 43.8 Å². The Labute approximate surface area is 218 Å². The predicted octanol–water partition coefficient (Wildman–Crippen LogP) is 4.22. The minimum atomic E-state index is -0.814. The smallest absolute Gasteiger partial charge is 0.253 e. The van der Waals surface area contributed by atoms with E-state index in [2.05, 4.69) is 20.4 Å². The number of carbonyl (C=O) groups is 1. The van der Waals surface area contributed by atoms with Gasteiger partial charge in [-0.05, 0) is 50.6 Å². The topological polar surface area (TPSA) is 117 Å². The first-order chi connectivity index (χ1) is 18.2. The lowest BCUT2D eigenvalue weighted by Crippen LogP contribution is -2.36. The summed E-state index contributed by atoms with van der Waals surface area (Å²) >= 11 is 0. The highest BCUT2D eigenvalue weighted by atomic mass is 19.1. The van der Waals surface area contributed by atoms with Gasteiger partial charge in [-0.2, -0.15) is 4.98 Å². The number of nitrogen functional groups attached to an aromatic ring is 1. The minimum Gasteiger partial charge on any atom is -0.487 e. The van der Waals surface area contributed by atoms with Gasteiger partial charge in [-0.15, -0.1) is 5.10 Å². The SMILES string of the molecule is Cc1ncc(-c2ccn3nc(N)nc3c2)cc1C(=O)NCc1cc(F)cc(F)c1OC1CC(C)OC(C)C1. The number of aromatic nitrogens is 4. The van der Waals surface area contributed by atoms with E-state index in [0.717, 1.165) is 11.6 Å². The number of nitrogens with one attached hydrogen (secondary N) is 1. The van der Waals surface area contributed by atoms with Crippen molar-refractivity contribution in [2.75, 3.05) is 5.73 Å². The molecule has 38 heavy (non-hydrogen) atoms. The number of rotatable bonds is 6. The van der Waals surface area contributed by atoms with Gasteiger partial charge < -0.3 is 20.5 Å². The molecule has 3 aromatic heterocycles. The zero-order valence-corrected chi connectivity index (χ0v) is 21.2. The summed E-state index contributed by atoms with van der Waals surface area (Å²) in [6, 6.07) is 7.26. The lowest BCUT2D eigenvalue weighted by molar-refractivity contribution is -0.0729. The molecule has 9 nitrogen and oxygen atoms in total. The lowest BCUT2D eigenvalue weighted by atomic mass is 10.0. The summed E-state index contributed by atoms with van der Waals surface area (Å²) in [5.41, 5.74) is 8.73. The van der Waals surface area contributed by atoms with Crippen molar-refractivity contribution in [1.82, 2.24) is 24.9 Å². The highest BCUT2D eigenvalue weighted by molar-refractivity contribution is 5.96. The second-order valence-corrected chi connectivity index (χ2v) is 9.57. The maximum Gasteiger partial charge on any atom is 0.253 e. The van der Waals surface area contributed by atoms with E-state index in [-0.39, 0.29) is 42.1 Å². The van der Waals surface area contributed by atoms with Crippen LogP contribution in [0, 0.1) is 18.6 Å². The average Bonchev–Trinajstić information content (AvgIpc) is 3.23. The van der Waals surface area contributed by atoms with Crippen LogP contribution in [0.25, 0.3) is 16.8 Å². The van der Waals surface area contributed by atoms with Gasteiger partial charge in [0, 0.05) is 49.0 Å². The van der Waals surface area contributed by atoms with E-state index in [4.69, 9.17) is 15.2 Å². The number of carbonyl (C=O) groups excluding carboxylic acids is 1. The summed E-state index contributed by atoms with van der Waals surface area (Å²) in [6.45, 7) is 5.44. The number of amides is 1. The molecule has 5 rings (SSSR count). The molecule has 0 aliphatic carbocycles. The summed E-state index contributed by atoms with van der Waals surface area (Å²) in [7, 11) is 0. The number of aryl methyl sites for hydroxylation is 1. The Kier molecular flexibility index (Phi) is 6.94. The van der Waals surface area contributed by atoms with Crippen LogP contribution < -0.4 is 15.8 Å². The fourth-order valence-corrected chi connectivity index (χ4v) is 4.75. The molecule has 198 valence electrons. The van der Waals surface area contributed by atoms with Gasteiger partial charge in [-0.1, -0.05) is 0 Å². The zero-order chi connectivity index (χ0) is 27.0. The van der Waals surface area contributed by atoms with E-state index < -0.39 is 17.5 Å². The van der Waals surface area contributed by atoms with Crippen molar-refractivity contribution in [3.63, 3.8) is 0 Å². The molecule has 11 heteroatoms. The van der Waals surface area contributed by atoms with Crippen LogP contribution in [0.4, 0.5) is 14.7 Å². The van der Waals surface area contributed by atoms with E-state index in [9.17, 15) is 13.6 Å². The van der Waals surface area contributed by atoms with E-state index in [1.54, 1.807) is 36.0 Å². The third-order valence-electron chi connectivity index (χ3n) is 6.48. The minimum absolute atomic E-state index is 0.0408. The first-order valence-corrected chi connectivity index (χ1v) is 12.3.